The molecule has 4 N–H and O–H groups in total. The third-order valence-corrected chi connectivity index (χ3v) is 4.48. The summed E-state index contributed by atoms with van der Waals surface area (Å²) in [4.78, 5) is 22.9. The number of carbonyl (C=O) groups excluding carboxylic acids is 1. The van der Waals surface area contributed by atoms with E-state index in [1.807, 2.05) is 6.92 Å². The molecule has 0 heterocycles. The van der Waals surface area contributed by atoms with Crippen LogP contribution in [0.1, 0.15) is 53.4 Å². The van der Waals surface area contributed by atoms with E-state index in [-0.39, 0.29) is 30.1 Å². The van der Waals surface area contributed by atoms with Crippen molar-refractivity contribution in [3.63, 3.8) is 0 Å². The maximum Gasteiger partial charge on any atom is 0.303 e. The molecule has 4 atom stereocenters. The number of amides is 1. The number of hydrogen-bond donors (Lipinski definition) is 3. The summed E-state index contributed by atoms with van der Waals surface area (Å²) in [7, 11) is 0. The number of hydrogen-bond acceptors (Lipinski definition) is 3. The highest BCUT2D eigenvalue weighted by Gasteiger charge is 2.24. The molecule has 0 bridgehead atoms. The van der Waals surface area contributed by atoms with E-state index in [0.717, 1.165) is 12.8 Å². The minimum Gasteiger partial charge on any atom is -0.481 e. The zero-order valence-corrected chi connectivity index (χ0v) is 13.9. The van der Waals surface area contributed by atoms with Gasteiger partial charge in [0.2, 0.25) is 5.91 Å². The van der Waals surface area contributed by atoms with E-state index < -0.39 is 5.97 Å². The van der Waals surface area contributed by atoms with Gasteiger partial charge >= 0.3 is 5.97 Å². The number of nitrogens with two attached hydrogens (primary N) is 1. The molecule has 0 saturated carbocycles. The highest BCUT2D eigenvalue weighted by Crippen LogP contribution is 2.25. The molecule has 0 saturated heterocycles. The standard InChI is InChI=1S/C16H32N2O3/c1-5-12(3)13(4)14(9-16(20)21)10-18-15(19)8-11(2)6-7-17/h11-14H,5-10,17H2,1-4H3,(H,18,19)(H,20,21). The van der Waals surface area contributed by atoms with Crippen LogP contribution < -0.4 is 11.1 Å². The number of nitrogens with one attached hydrogen (secondary N) is 1. The Morgan fingerprint density at radius 2 is 1.81 bits per heavy atom. The minimum absolute atomic E-state index is 0.0114. The van der Waals surface area contributed by atoms with Crippen molar-refractivity contribution in [2.75, 3.05) is 13.1 Å². The molecule has 5 nitrogen and oxygen atoms in total. The summed E-state index contributed by atoms with van der Waals surface area (Å²) in [6, 6.07) is 0. The first-order valence-electron chi connectivity index (χ1n) is 8.00. The molecule has 0 aliphatic carbocycles. The van der Waals surface area contributed by atoms with Crippen molar-refractivity contribution in [3.8, 4) is 0 Å². The van der Waals surface area contributed by atoms with Crippen molar-refractivity contribution in [1.82, 2.24) is 5.32 Å². The van der Waals surface area contributed by atoms with Crippen LogP contribution in [0.5, 0.6) is 0 Å². The van der Waals surface area contributed by atoms with E-state index in [0.29, 0.717) is 25.4 Å². The van der Waals surface area contributed by atoms with E-state index in [1.54, 1.807) is 0 Å². The Labute approximate surface area is 128 Å². The van der Waals surface area contributed by atoms with Gasteiger partial charge in [0.15, 0.2) is 0 Å². The molecule has 1 amide bonds. The zero-order chi connectivity index (χ0) is 16.4. The molecule has 4 unspecified atom stereocenters. The lowest BCUT2D eigenvalue weighted by molar-refractivity contribution is -0.139. The number of carboxylic acids is 1. The van der Waals surface area contributed by atoms with Crippen LogP contribution in [0.4, 0.5) is 0 Å². The first kappa shape index (κ1) is 19.9. The fraction of sp³-hybridized carbons (Fsp3) is 0.875. The lowest BCUT2D eigenvalue weighted by Crippen LogP contribution is -2.35. The van der Waals surface area contributed by atoms with Gasteiger partial charge in [0, 0.05) is 13.0 Å². The average molecular weight is 300 g/mol. The van der Waals surface area contributed by atoms with Gasteiger partial charge in [-0.05, 0) is 36.6 Å². The quantitative estimate of drug-likeness (QED) is 0.545. The van der Waals surface area contributed by atoms with E-state index in [4.69, 9.17) is 10.8 Å². The summed E-state index contributed by atoms with van der Waals surface area (Å²) in [6.45, 7) is 9.33. The molecule has 5 heteroatoms. The summed E-state index contributed by atoms with van der Waals surface area (Å²) in [6.07, 6.45) is 2.40. The highest BCUT2D eigenvalue weighted by atomic mass is 16.4. The molecule has 0 aromatic carbocycles. The minimum atomic E-state index is -0.805. The van der Waals surface area contributed by atoms with Crippen molar-refractivity contribution in [2.45, 2.75) is 53.4 Å². The van der Waals surface area contributed by atoms with E-state index in [9.17, 15) is 9.59 Å². The van der Waals surface area contributed by atoms with Gasteiger partial charge in [0.25, 0.3) is 0 Å². The molecule has 0 aliphatic heterocycles. The second-order valence-corrected chi connectivity index (χ2v) is 6.29. The number of carbonyl (C=O) groups is 2. The van der Waals surface area contributed by atoms with Gasteiger partial charge < -0.3 is 16.2 Å². The Hall–Kier alpha value is -1.10. The second-order valence-electron chi connectivity index (χ2n) is 6.29. The highest BCUT2D eigenvalue weighted by molar-refractivity contribution is 5.76. The van der Waals surface area contributed by atoms with Crippen LogP contribution in [0.3, 0.4) is 0 Å². The first-order valence-corrected chi connectivity index (χ1v) is 8.00. The molecular weight excluding hydrogens is 268 g/mol. The van der Waals surface area contributed by atoms with Crippen LogP contribution in [0, 0.1) is 23.7 Å². The predicted octanol–water partition coefficient (Wildman–Crippen LogP) is 2.25. The van der Waals surface area contributed by atoms with Crippen LogP contribution in [0.2, 0.25) is 0 Å². The molecule has 0 aliphatic rings. The lowest BCUT2D eigenvalue weighted by atomic mass is 9.80. The third-order valence-electron chi connectivity index (χ3n) is 4.48. The normalized spacial score (nSPS) is 16.8. The van der Waals surface area contributed by atoms with Crippen LogP contribution in [-0.2, 0) is 9.59 Å². The third kappa shape index (κ3) is 8.71. The van der Waals surface area contributed by atoms with Gasteiger partial charge in [-0.25, -0.2) is 0 Å². The van der Waals surface area contributed by atoms with E-state index >= 15 is 0 Å². The van der Waals surface area contributed by atoms with Crippen molar-refractivity contribution < 1.29 is 14.7 Å². The fourth-order valence-electron chi connectivity index (χ4n) is 2.52. The van der Waals surface area contributed by atoms with Crippen LogP contribution in [0.25, 0.3) is 0 Å². The van der Waals surface area contributed by atoms with Gasteiger partial charge in [-0.3, -0.25) is 9.59 Å². The Balaban J connectivity index is 4.41. The van der Waals surface area contributed by atoms with Crippen molar-refractivity contribution >= 4 is 11.9 Å². The predicted molar refractivity (Wildman–Crippen MR) is 84.8 cm³/mol. The monoisotopic (exact) mass is 300 g/mol. The van der Waals surface area contributed by atoms with Crippen molar-refractivity contribution in [3.05, 3.63) is 0 Å². The van der Waals surface area contributed by atoms with E-state index in [2.05, 4.69) is 26.1 Å². The van der Waals surface area contributed by atoms with Gasteiger partial charge in [-0.1, -0.05) is 34.1 Å². The van der Waals surface area contributed by atoms with Crippen molar-refractivity contribution in [2.24, 2.45) is 29.4 Å². The molecule has 0 radical (unpaired) electrons. The lowest BCUT2D eigenvalue weighted by Gasteiger charge is -2.27. The molecule has 0 aromatic rings. The summed E-state index contributed by atoms with van der Waals surface area (Å²) < 4.78 is 0. The molecule has 124 valence electrons. The molecule has 0 aromatic heterocycles. The molecule has 21 heavy (non-hydrogen) atoms. The molecular formula is C16H32N2O3. The maximum atomic E-state index is 11.9. The van der Waals surface area contributed by atoms with Gasteiger partial charge in [0.1, 0.15) is 0 Å². The number of rotatable bonds is 11. The molecule has 0 rings (SSSR count). The Morgan fingerprint density at radius 3 is 2.29 bits per heavy atom. The Kier molecular flexibility index (Phi) is 10.0. The smallest absolute Gasteiger partial charge is 0.303 e. The Bertz CT molecular complexity index is 321. The summed E-state index contributed by atoms with van der Waals surface area (Å²) in [5, 5.41) is 11.9. The largest absolute Gasteiger partial charge is 0.481 e. The topological polar surface area (TPSA) is 92.4 Å². The van der Waals surface area contributed by atoms with Gasteiger partial charge in [-0.15, -0.1) is 0 Å². The van der Waals surface area contributed by atoms with Crippen LogP contribution in [-0.4, -0.2) is 30.1 Å². The van der Waals surface area contributed by atoms with Crippen molar-refractivity contribution in [1.29, 1.82) is 0 Å². The van der Waals surface area contributed by atoms with Gasteiger partial charge in [0.05, 0.1) is 6.42 Å². The number of carboxylic acid groups (broad SMARTS) is 1. The Morgan fingerprint density at radius 1 is 1.19 bits per heavy atom. The molecule has 0 fully saturated rings. The number of aliphatic carboxylic acids is 1. The first-order chi connectivity index (χ1) is 9.81. The summed E-state index contributed by atoms with van der Waals surface area (Å²) >= 11 is 0. The fourth-order valence-corrected chi connectivity index (χ4v) is 2.52. The van der Waals surface area contributed by atoms with E-state index in [1.165, 1.54) is 0 Å². The second kappa shape index (κ2) is 10.6. The van der Waals surface area contributed by atoms with Gasteiger partial charge in [-0.2, -0.15) is 0 Å². The van der Waals surface area contributed by atoms with Crippen LogP contribution in [0.15, 0.2) is 0 Å². The summed E-state index contributed by atoms with van der Waals surface area (Å²) in [5.74, 6) is 0.144. The SMILES string of the molecule is CCC(C)C(C)C(CNC(=O)CC(C)CCN)CC(=O)O. The average Bonchev–Trinajstić information content (AvgIpc) is 2.41. The maximum absolute atomic E-state index is 11.9. The zero-order valence-electron chi connectivity index (χ0n) is 13.9. The molecule has 0 spiro atoms. The summed E-state index contributed by atoms with van der Waals surface area (Å²) in [5.41, 5.74) is 5.47. The van der Waals surface area contributed by atoms with Crippen LogP contribution >= 0.6 is 0 Å².